The molecule has 0 saturated heterocycles. The Hall–Kier alpha value is -2.15. The lowest BCUT2D eigenvalue weighted by Gasteiger charge is -2.22. The molecule has 7 heteroatoms. The second-order valence-corrected chi connectivity index (χ2v) is 7.49. The number of hydrogen-bond acceptors (Lipinski definition) is 5. The zero-order chi connectivity index (χ0) is 18.7. The van der Waals surface area contributed by atoms with Crippen LogP contribution < -0.4 is 9.64 Å². The van der Waals surface area contributed by atoms with Crippen LogP contribution in [0, 0.1) is 0 Å². The number of halogens is 1. The highest BCUT2D eigenvalue weighted by Gasteiger charge is 2.22. The van der Waals surface area contributed by atoms with Crippen molar-refractivity contribution in [2.75, 3.05) is 39.2 Å². The van der Waals surface area contributed by atoms with E-state index in [1.54, 1.807) is 30.2 Å². The second kappa shape index (κ2) is 8.03. The van der Waals surface area contributed by atoms with E-state index in [0.717, 1.165) is 16.8 Å². The number of rotatable bonds is 6. The molecule has 26 heavy (non-hydrogen) atoms. The molecule has 0 spiro atoms. The van der Waals surface area contributed by atoms with Crippen molar-refractivity contribution in [3.8, 4) is 5.75 Å². The number of likely N-dealkylation sites (N-methyl/N-ethyl adjacent to an activating group) is 1. The number of ether oxygens (including phenoxy) is 1. The maximum Gasteiger partial charge on any atom is 0.260 e. The first kappa shape index (κ1) is 18.6. The molecule has 5 nitrogen and oxygen atoms in total. The SMILES string of the molecule is COc1cccc(C(=O)N(CCN(C)C)c2nc3c(Cl)cccc3s2)c1. The van der Waals surface area contributed by atoms with Gasteiger partial charge in [0.05, 0.1) is 16.8 Å². The maximum atomic E-state index is 13.2. The number of carbonyl (C=O) groups is 1. The Morgan fingerprint density at radius 3 is 2.65 bits per heavy atom. The average molecular weight is 390 g/mol. The van der Waals surface area contributed by atoms with Crippen molar-refractivity contribution in [3.63, 3.8) is 0 Å². The summed E-state index contributed by atoms with van der Waals surface area (Å²) in [6.45, 7) is 1.25. The molecule has 0 fully saturated rings. The molecular weight excluding hydrogens is 370 g/mol. The fraction of sp³-hybridized carbons (Fsp3) is 0.263. The molecule has 1 heterocycles. The van der Waals surface area contributed by atoms with Crippen LogP contribution in [0.1, 0.15) is 10.4 Å². The summed E-state index contributed by atoms with van der Waals surface area (Å²) in [5.41, 5.74) is 1.29. The topological polar surface area (TPSA) is 45.7 Å². The van der Waals surface area contributed by atoms with Gasteiger partial charge >= 0.3 is 0 Å². The van der Waals surface area contributed by atoms with Gasteiger partial charge in [-0.25, -0.2) is 4.98 Å². The predicted molar refractivity (Wildman–Crippen MR) is 108 cm³/mol. The minimum atomic E-state index is -0.110. The number of thiazole rings is 1. The van der Waals surface area contributed by atoms with Gasteiger partial charge in [0.15, 0.2) is 5.13 Å². The van der Waals surface area contributed by atoms with Crippen LogP contribution in [0.25, 0.3) is 10.2 Å². The Morgan fingerprint density at radius 1 is 1.19 bits per heavy atom. The number of amides is 1. The highest BCUT2D eigenvalue weighted by molar-refractivity contribution is 7.22. The molecule has 0 N–H and O–H groups in total. The van der Waals surface area contributed by atoms with Crippen LogP contribution in [0.5, 0.6) is 5.75 Å². The van der Waals surface area contributed by atoms with E-state index in [4.69, 9.17) is 16.3 Å². The summed E-state index contributed by atoms with van der Waals surface area (Å²) in [6, 6.07) is 12.8. The summed E-state index contributed by atoms with van der Waals surface area (Å²) in [6.07, 6.45) is 0. The third kappa shape index (κ3) is 3.98. The second-order valence-electron chi connectivity index (χ2n) is 6.08. The summed E-state index contributed by atoms with van der Waals surface area (Å²) < 4.78 is 6.20. The smallest absolute Gasteiger partial charge is 0.260 e. The molecule has 1 amide bonds. The first-order valence-electron chi connectivity index (χ1n) is 8.15. The Morgan fingerprint density at radius 2 is 1.96 bits per heavy atom. The maximum absolute atomic E-state index is 13.2. The van der Waals surface area contributed by atoms with E-state index in [-0.39, 0.29) is 5.91 Å². The molecule has 0 aliphatic rings. The van der Waals surface area contributed by atoms with Crippen molar-refractivity contribution in [2.45, 2.75) is 0 Å². The molecule has 0 aliphatic heterocycles. The lowest BCUT2D eigenvalue weighted by Crippen LogP contribution is -2.36. The standard InChI is InChI=1S/C19H20ClN3O2S/c1-22(2)10-11-23(18(24)13-6-4-7-14(12-13)25-3)19-21-17-15(20)8-5-9-16(17)26-19/h4-9,12H,10-11H2,1-3H3. The summed E-state index contributed by atoms with van der Waals surface area (Å²) in [5.74, 6) is 0.539. The van der Waals surface area contributed by atoms with Gasteiger partial charge in [0.2, 0.25) is 0 Å². The molecule has 1 aromatic heterocycles. The minimum absolute atomic E-state index is 0.110. The van der Waals surface area contributed by atoms with Crippen LogP contribution in [0.2, 0.25) is 5.02 Å². The summed E-state index contributed by atoms with van der Waals surface area (Å²) in [4.78, 5) is 21.5. The van der Waals surface area contributed by atoms with Crippen molar-refractivity contribution in [1.29, 1.82) is 0 Å². The van der Waals surface area contributed by atoms with Crippen LogP contribution in [-0.4, -0.2) is 50.1 Å². The average Bonchev–Trinajstić information content (AvgIpc) is 3.07. The van der Waals surface area contributed by atoms with Crippen LogP contribution in [0.15, 0.2) is 42.5 Å². The first-order chi connectivity index (χ1) is 12.5. The lowest BCUT2D eigenvalue weighted by atomic mass is 10.2. The quantitative estimate of drug-likeness (QED) is 0.634. The van der Waals surface area contributed by atoms with Gasteiger partial charge in [-0.05, 0) is 44.4 Å². The number of benzene rings is 2. The van der Waals surface area contributed by atoms with Gasteiger partial charge < -0.3 is 9.64 Å². The van der Waals surface area contributed by atoms with Crippen LogP contribution in [-0.2, 0) is 0 Å². The van der Waals surface area contributed by atoms with E-state index in [1.807, 2.05) is 43.3 Å². The largest absolute Gasteiger partial charge is 0.497 e. The van der Waals surface area contributed by atoms with E-state index in [1.165, 1.54) is 11.3 Å². The van der Waals surface area contributed by atoms with Crippen molar-refractivity contribution >= 4 is 44.2 Å². The Labute approximate surface area is 161 Å². The number of aromatic nitrogens is 1. The number of para-hydroxylation sites is 1. The molecule has 3 aromatic rings. The number of fused-ring (bicyclic) bond motifs is 1. The molecule has 2 aromatic carbocycles. The van der Waals surface area contributed by atoms with Crippen molar-refractivity contribution in [1.82, 2.24) is 9.88 Å². The highest BCUT2D eigenvalue weighted by atomic mass is 35.5. The monoisotopic (exact) mass is 389 g/mol. The predicted octanol–water partition coefficient (Wildman–Crippen LogP) is 4.17. The number of anilines is 1. The summed E-state index contributed by atoms with van der Waals surface area (Å²) >= 11 is 7.72. The van der Waals surface area contributed by atoms with Crippen LogP contribution in [0.3, 0.4) is 0 Å². The molecule has 0 aliphatic carbocycles. The molecule has 136 valence electrons. The lowest BCUT2D eigenvalue weighted by molar-refractivity contribution is 0.0985. The van der Waals surface area contributed by atoms with Crippen molar-refractivity contribution in [3.05, 3.63) is 53.1 Å². The van der Waals surface area contributed by atoms with E-state index < -0.39 is 0 Å². The van der Waals surface area contributed by atoms with Gasteiger partial charge in [0, 0.05) is 18.7 Å². The Balaban J connectivity index is 2.00. The molecule has 0 saturated carbocycles. The van der Waals surface area contributed by atoms with Gasteiger partial charge in [-0.15, -0.1) is 0 Å². The van der Waals surface area contributed by atoms with E-state index in [2.05, 4.69) is 4.98 Å². The number of methoxy groups -OCH3 is 1. The third-order valence-corrected chi connectivity index (χ3v) is 5.27. The van der Waals surface area contributed by atoms with Crippen molar-refractivity contribution in [2.24, 2.45) is 0 Å². The van der Waals surface area contributed by atoms with Gasteiger partial charge in [-0.2, -0.15) is 0 Å². The molecule has 0 bridgehead atoms. The van der Waals surface area contributed by atoms with E-state index in [0.29, 0.717) is 28.0 Å². The summed E-state index contributed by atoms with van der Waals surface area (Å²) in [7, 11) is 5.54. The molecule has 0 radical (unpaired) electrons. The van der Waals surface area contributed by atoms with E-state index in [9.17, 15) is 4.79 Å². The highest BCUT2D eigenvalue weighted by Crippen LogP contribution is 2.33. The fourth-order valence-corrected chi connectivity index (χ4v) is 3.80. The van der Waals surface area contributed by atoms with Gasteiger partial charge in [-0.1, -0.05) is 35.1 Å². The third-order valence-electron chi connectivity index (χ3n) is 3.92. The zero-order valence-electron chi connectivity index (χ0n) is 14.9. The fourth-order valence-electron chi connectivity index (χ4n) is 2.51. The Kier molecular flexibility index (Phi) is 5.76. The van der Waals surface area contributed by atoms with Gasteiger partial charge in [0.25, 0.3) is 5.91 Å². The number of hydrogen-bond donors (Lipinski definition) is 0. The van der Waals surface area contributed by atoms with Gasteiger partial charge in [-0.3, -0.25) is 9.69 Å². The molecule has 0 atom stereocenters. The minimum Gasteiger partial charge on any atom is -0.497 e. The summed E-state index contributed by atoms with van der Waals surface area (Å²) in [5, 5.41) is 1.23. The first-order valence-corrected chi connectivity index (χ1v) is 9.34. The van der Waals surface area contributed by atoms with E-state index >= 15 is 0 Å². The molecule has 3 rings (SSSR count). The zero-order valence-corrected chi connectivity index (χ0v) is 16.5. The normalized spacial score (nSPS) is 11.1. The molecular formula is C19H20ClN3O2S. The number of carbonyl (C=O) groups excluding carboxylic acids is 1. The molecule has 0 unspecified atom stereocenters. The Bertz CT molecular complexity index is 926. The number of nitrogens with zero attached hydrogens (tertiary/aromatic N) is 3. The van der Waals surface area contributed by atoms with Crippen molar-refractivity contribution < 1.29 is 9.53 Å². The van der Waals surface area contributed by atoms with Crippen LogP contribution in [0.4, 0.5) is 5.13 Å². The van der Waals surface area contributed by atoms with Crippen LogP contribution >= 0.6 is 22.9 Å². The van der Waals surface area contributed by atoms with Gasteiger partial charge in [0.1, 0.15) is 11.3 Å².